The van der Waals surface area contributed by atoms with Crippen LogP contribution in [0.4, 0.5) is 0 Å². The van der Waals surface area contributed by atoms with Gasteiger partial charge in [-0.05, 0) is 69.7 Å². The fourth-order valence-electron chi connectivity index (χ4n) is 2.60. The summed E-state index contributed by atoms with van der Waals surface area (Å²) in [4.78, 5) is 0. The van der Waals surface area contributed by atoms with Crippen molar-refractivity contribution in [1.29, 1.82) is 0 Å². The Labute approximate surface area is 132 Å². The highest BCUT2D eigenvalue weighted by Gasteiger charge is 2.16. The normalized spacial score (nSPS) is 15.0. The predicted molar refractivity (Wildman–Crippen MR) is 85.0 cm³/mol. The summed E-state index contributed by atoms with van der Waals surface area (Å²) < 4.78 is 11.7. The summed E-state index contributed by atoms with van der Waals surface area (Å²) >= 11 is 3.45. The summed E-state index contributed by atoms with van der Waals surface area (Å²) in [6.07, 6.45) is 1.38. The van der Waals surface area contributed by atoms with E-state index in [0.717, 1.165) is 46.5 Å². The average molecular weight is 349 g/mol. The van der Waals surface area contributed by atoms with Crippen LogP contribution in [-0.2, 0) is 6.42 Å². The van der Waals surface area contributed by atoms with Gasteiger partial charge < -0.3 is 14.6 Å². The van der Waals surface area contributed by atoms with Gasteiger partial charge in [0.2, 0.25) is 0 Å². The van der Waals surface area contributed by atoms with Crippen molar-refractivity contribution in [2.24, 2.45) is 0 Å². The molecular weight excluding hydrogens is 332 g/mol. The van der Waals surface area contributed by atoms with Crippen molar-refractivity contribution in [3.8, 4) is 11.5 Å². The number of methoxy groups -OCH3 is 1. The summed E-state index contributed by atoms with van der Waals surface area (Å²) in [6.45, 7) is 0.778. The molecule has 0 amide bonds. The number of hydrogen-bond donors (Lipinski definition) is 1. The molecule has 110 valence electrons. The highest BCUT2D eigenvalue weighted by Crippen LogP contribution is 2.33. The lowest BCUT2D eigenvalue weighted by atomic mass is 9.97. The lowest BCUT2D eigenvalue weighted by molar-refractivity contribution is 0.219. The Morgan fingerprint density at radius 1 is 1.19 bits per heavy atom. The maximum atomic E-state index is 10.6. The number of fused-ring (bicyclic) bond motifs is 1. The first-order valence-corrected chi connectivity index (χ1v) is 7.75. The summed E-state index contributed by atoms with van der Waals surface area (Å²) in [5.74, 6) is 1.69. The minimum atomic E-state index is -0.653. The Bertz CT molecular complexity index is 654. The maximum Gasteiger partial charge on any atom is 0.133 e. The predicted octanol–water partition coefficient (Wildman–Crippen LogP) is 3.86. The van der Waals surface area contributed by atoms with Gasteiger partial charge in [0.15, 0.2) is 0 Å². The van der Waals surface area contributed by atoms with E-state index in [2.05, 4.69) is 15.9 Å². The first-order chi connectivity index (χ1) is 10.2. The van der Waals surface area contributed by atoms with E-state index >= 15 is 0 Å². The van der Waals surface area contributed by atoms with Crippen LogP contribution >= 0.6 is 15.9 Å². The molecule has 21 heavy (non-hydrogen) atoms. The van der Waals surface area contributed by atoms with Crippen LogP contribution in [-0.4, -0.2) is 18.8 Å². The molecule has 3 rings (SSSR count). The zero-order chi connectivity index (χ0) is 14.8. The molecule has 0 bridgehead atoms. The van der Waals surface area contributed by atoms with E-state index < -0.39 is 6.10 Å². The van der Waals surface area contributed by atoms with Crippen molar-refractivity contribution in [1.82, 2.24) is 0 Å². The molecule has 1 N–H and O–H groups in total. The van der Waals surface area contributed by atoms with E-state index in [-0.39, 0.29) is 0 Å². The van der Waals surface area contributed by atoms with Crippen LogP contribution in [0.15, 0.2) is 40.9 Å². The molecule has 0 aromatic heterocycles. The fraction of sp³-hybridized carbons (Fsp3) is 0.294. The van der Waals surface area contributed by atoms with Gasteiger partial charge in [-0.3, -0.25) is 0 Å². The highest BCUT2D eigenvalue weighted by molar-refractivity contribution is 9.10. The molecule has 1 aliphatic rings. The summed E-state index contributed by atoms with van der Waals surface area (Å²) in [5.41, 5.74) is 2.89. The smallest absolute Gasteiger partial charge is 0.133 e. The van der Waals surface area contributed by atoms with Crippen LogP contribution in [0.2, 0.25) is 0 Å². The van der Waals surface area contributed by atoms with Crippen molar-refractivity contribution in [2.75, 3.05) is 13.7 Å². The minimum Gasteiger partial charge on any atom is -0.496 e. The van der Waals surface area contributed by atoms with Crippen molar-refractivity contribution in [3.63, 3.8) is 0 Å². The molecule has 0 saturated carbocycles. The van der Waals surface area contributed by atoms with E-state index in [0.29, 0.717) is 0 Å². The fourth-order valence-corrected chi connectivity index (χ4v) is 3.15. The molecule has 1 aliphatic heterocycles. The van der Waals surface area contributed by atoms with E-state index in [1.807, 2.05) is 36.4 Å². The topological polar surface area (TPSA) is 38.7 Å². The molecule has 0 radical (unpaired) electrons. The van der Waals surface area contributed by atoms with Crippen LogP contribution in [0.1, 0.15) is 29.2 Å². The first-order valence-electron chi connectivity index (χ1n) is 6.96. The van der Waals surface area contributed by atoms with Gasteiger partial charge >= 0.3 is 0 Å². The van der Waals surface area contributed by atoms with E-state index in [1.54, 1.807) is 7.11 Å². The molecule has 1 atom stereocenters. The third-order valence-corrected chi connectivity index (χ3v) is 4.36. The Morgan fingerprint density at radius 3 is 2.71 bits per heavy atom. The minimum absolute atomic E-state index is 0.653. The Morgan fingerprint density at radius 2 is 1.95 bits per heavy atom. The van der Waals surface area contributed by atoms with Crippen LogP contribution < -0.4 is 9.47 Å². The molecule has 2 aromatic rings. The second-order valence-corrected chi connectivity index (χ2v) is 5.97. The first kappa shape index (κ1) is 14.4. The quantitative estimate of drug-likeness (QED) is 0.915. The number of halogens is 1. The van der Waals surface area contributed by atoms with Crippen molar-refractivity contribution in [2.45, 2.75) is 18.9 Å². The van der Waals surface area contributed by atoms with Crippen molar-refractivity contribution in [3.05, 3.63) is 57.6 Å². The molecule has 0 aliphatic carbocycles. The lowest BCUT2D eigenvalue weighted by Crippen LogP contribution is -2.09. The van der Waals surface area contributed by atoms with Crippen LogP contribution in [0.25, 0.3) is 0 Å². The molecule has 0 fully saturated rings. The SMILES string of the molecule is COc1ccc(C(O)c2ccc3c(c2)CCCO3)cc1Br. The molecule has 1 heterocycles. The van der Waals surface area contributed by atoms with Gasteiger partial charge in [-0.2, -0.15) is 0 Å². The van der Waals surface area contributed by atoms with Crippen LogP contribution in [0, 0.1) is 0 Å². The Balaban J connectivity index is 1.91. The van der Waals surface area contributed by atoms with Gasteiger partial charge in [-0.25, -0.2) is 0 Å². The molecule has 0 spiro atoms. The van der Waals surface area contributed by atoms with Gasteiger partial charge in [0, 0.05) is 0 Å². The lowest BCUT2D eigenvalue weighted by Gasteiger charge is -2.20. The molecule has 2 aromatic carbocycles. The summed E-state index contributed by atoms with van der Waals surface area (Å²) in [7, 11) is 1.62. The van der Waals surface area contributed by atoms with Crippen molar-refractivity contribution < 1.29 is 14.6 Å². The largest absolute Gasteiger partial charge is 0.496 e. The zero-order valence-corrected chi connectivity index (χ0v) is 13.4. The molecule has 3 nitrogen and oxygen atoms in total. The number of aliphatic hydroxyl groups is 1. The summed E-state index contributed by atoms with van der Waals surface area (Å²) in [6, 6.07) is 11.5. The van der Waals surface area contributed by atoms with Gasteiger partial charge in [-0.15, -0.1) is 0 Å². The molecular formula is C17H17BrO3. The molecule has 4 heteroatoms. The number of benzene rings is 2. The second kappa shape index (κ2) is 6.08. The van der Waals surface area contributed by atoms with Crippen LogP contribution in [0.5, 0.6) is 11.5 Å². The third-order valence-electron chi connectivity index (χ3n) is 3.74. The number of hydrogen-bond acceptors (Lipinski definition) is 3. The standard InChI is InChI=1S/C17H17BrO3/c1-20-16-7-5-13(10-14(16)18)17(19)12-4-6-15-11(9-12)3-2-8-21-15/h4-7,9-10,17,19H,2-3,8H2,1H3. The van der Waals surface area contributed by atoms with Gasteiger partial charge in [0.1, 0.15) is 17.6 Å². The van der Waals surface area contributed by atoms with Crippen molar-refractivity contribution >= 4 is 15.9 Å². The highest BCUT2D eigenvalue weighted by atomic mass is 79.9. The van der Waals surface area contributed by atoms with Crippen LogP contribution in [0.3, 0.4) is 0 Å². The van der Waals surface area contributed by atoms with Gasteiger partial charge in [0.25, 0.3) is 0 Å². The number of rotatable bonds is 3. The molecule has 1 unspecified atom stereocenters. The number of aryl methyl sites for hydroxylation is 1. The zero-order valence-electron chi connectivity index (χ0n) is 11.8. The van der Waals surface area contributed by atoms with E-state index in [4.69, 9.17) is 9.47 Å². The average Bonchev–Trinajstić information content (AvgIpc) is 2.53. The number of aliphatic hydroxyl groups excluding tert-OH is 1. The van der Waals surface area contributed by atoms with Gasteiger partial charge in [-0.1, -0.05) is 12.1 Å². The second-order valence-electron chi connectivity index (χ2n) is 5.12. The Kier molecular flexibility index (Phi) is 4.17. The number of ether oxygens (including phenoxy) is 2. The summed E-state index contributed by atoms with van der Waals surface area (Å²) in [5, 5.41) is 10.6. The monoisotopic (exact) mass is 348 g/mol. The third kappa shape index (κ3) is 2.92. The van der Waals surface area contributed by atoms with E-state index in [1.165, 1.54) is 5.56 Å². The maximum absolute atomic E-state index is 10.6. The Hall–Kier alpha value is -1.52. The molecule has 0 saturated heterocycles. The van der Waals surface area contributed by atoms with E-state index in [9.17, 15) is 5.11 Å². The van der Waals surface area contributed by atoms with Gasteiger partial charge in [0.05, 0.1) is 18.2 Å².